The SMILES string of the molecule is COCCOc1cc(F)c2c(c1)NC=NC2Nc1ccc(NC(=O)C2(C=O)CC2)cc1. The van der Waals surface area contributed by atoms with Crippen LogP contribution in [0, 0.1) is 11.2 Å². The topological polar surface area (TPSA) is 101 Å². The van der Waals surface area contributed by atoms with Gasteiger partial charge in [0.1, 0.15) is 29.9 Å². The van der Waals surface area contributed by atoms with Gasteiger partial charge in [-0.2, -0.15) is 0 Å². The highest BCUT2D eigenvalue weighted by atomic mass is 19.1. The summed E-state index contributed by atoms with van der Waals surface area (Å²) in [7, 11) is 1.57. The van der Waals surface area contributed by atoms with E-state index in [2.05, 4.69) is 20.9 Å². The molecule has 0 spiro atoms. The van der Waals surface area contributed by atoms with E-state index in [0.29, 0.717) is 60.7 Å². The van der Waals surface area contributed by atoms with Crippen LogP contribution in [0.3, 0.4) is 0 Å². The number of rotatable bonds is 9. The zero-order valence-electron chi connectivity index (χ0n) is 17.0. The van der Waals surface area contributed by atoms with Gasteiger partial charge in [0.05, 0.1) is 24.2 Å². The molecular formula is C22H23FN4O4. The molecule has 1 aliphatic carbocycles. The molecule has 0 bridgehead atoms. The Morgan fingerprint density at radius 3 is 2.68 bits per heavy atom. The second-order valence-corrected chi connectivity index (χ2v) is 7.48. The lowest BCUT2D eigenvalue weighted by Crippen LogP contribution is -2.25. The highest BCUT2D eigenvalue weighted by molar-refractivity contribution is 6.07. The Labute approximate surface area is 178 Å². The van der Waals surface area contributed by atoms with Gasteiger partial charge in [0, 0.05) is 30.6 Å². The quantitative estimate of drug-likeness (QED) is 0.323. The number of hydrogen-bond acceptors (Lipinski definition) is 7. The van der Waals surface area contributed by atoms with E-state index in [-0.39, 0.29) is 5.91 Å². The molecule has 2 aliphatic rings. The van der Waals surface area contributed by atoms with Crippen molar-refractivity contribution < 1.29 is 23.5 Å². The number of amides is 1. The van der Waals surface area contributed by atoms with Gasteiger partial charge in [-0.15, -0.1) is 0 Å². The van der Waals surface area contributed by atoms with Gasteiger partial charge in [0.2, 0.25) is 5.91 Å². The van der Waals surface area contributed by atoms with E-state index in [9.17, 15) is 14.0 Å². The van der Waals surface area contributed by atoms with Gasteiger partial charge in [-0.25, -0.2) is 9.38 Å². The number of benzene rings is 2. The van der Waals surface area contributed by atoms with Crippen LogP contribution < -0.4 is 20.7 Å². The van der Waals surface area contributed by atoms with Crippen molar-refractivity contribution in [2.75, 3.05) is 36.3 Å². The lowest BCUT2D eigenvalue weighted by Gasteiger charge is -2.24. The highest BCUT2D eigenvalue weighted by Crippen LogP contribution is 2.44. The van der Waals surface area contributed by atoms with Crippen LogP contribution in [0.5, 0.6) is 5.75 Å². The second-order valence-electron chi connectivity index (χ2n) is 7.48. The van der Waals surface area contributed by atoms with E-state index >= 15 is 0 Å². The van der Waals surface area contributed by atoms with Gasteiger partial charge < -0.3 is 30.2 Å². The number of methoxy groups -OCH3 is 1. The number of carbonyl (C=O) groups excluding carboxylic acids is 2. The van der Waals surface area contributed by atoms with Crippen LogP contribution in [0.25, 0.3) is 0 Å². The van der Waals surface area contributed by atoms with Gasteiger partial charge >= 0.3 is 0 Å². The molecule has 9 heteroatoms. The van der Waals surface area contributed by atoms with E-state index in [1.165, 1.54) is 12.4 Å². The van der Waals surface area contributed by atoms with E-state index in [1.54, 1.807) is 37.4 Å². The Morgan fingerprint density at radius 2 is 2.00 bits per heavy atom. The Kier molecular flexibility index (Phi) is 5.85. The molecule has 0 radical (unpaired) electrons. The number of aldehydes is 1. The fourth-order valence-corrected chi connectivity index (χ4v) is 3.28. The van der Waals surface area contributed by atoms with Crippen molar-refractivity contribution in [1.82, 2.24) is 0 Å². The van der Waals surface area contributed by atoms with Crippen molar-refractivity contribution in [3.63, 3.8) is 0 Å². The first kappa shape index (κ1) is 20.8. The number of anilines is 3. The fourth-order valence-electron chi connectivity index (χ4n) is 3.28. The third-order valence-corrected chi connectivity index (χ3v) is 5.29. The summed E-state index contributed by atoms with van der Waals surface area (Å²) in [6, 6.07) is 9.99. The van der Waals surface area contributed by atoms with Crippen LogP contribution >= 0.6 is 0 Å². The number of hydrogen-bond donors (Lipinski definition) is 3. The minimum Gasteiger partial charge on any atom is -0.491 e. The summed E-state index contributed by atoms with van der Waals surface area (Å²) in [6.45, 7) is 0.728. The van der Waals surface area contributed by atoms with E-state index < -0.39 is 17.4 Å². The third kappa shape index (κ3) is 4.51. The first-order chi connectivity index (χ1) is 15.0. The van der Waals surface area contributed by atoms with Crippen molar-refractivity contribution >= 4 is 35.6 Å². The van der Waals surface area contributed by atoms with E-state index in [1.807, 2.05) is 0 Å². The standard InChI is InChI=1S/C22H23FN4O4/c1-30-8-9-31-16-10-17(23)19-18(11-16)24-13-25-20(19)26-14-2-4-15(5-3-14)27-21(29)22(12-28)6-7-22/h2-5,10-13,20,26H,6-9H2,1H3,(H,24,25)(H,27,29). The molecule has 1 amide bonds. The smallest absolute Gasteiger partial charge is 0.237 e. The molecule has 3 N–H and O–H groups in total. The normalized spacial score (nSPS) is 17.8. The van der Waals surface area contributed by atoms with E-state index in [0.717, 1.165) is 0 Å². The number of fused-ring (bicyclic) bond motifs is 1. The molecule has 8 nitrogen and oxygen atoms in total. The summed E-state index contributed by atoms with van der Waals surface area (Å²) < 4.78 is 25.3. The Balaban J connectivity index is 1.44. The molecule has 2 aromatic rings. The van der Waals surface area contributed by atoms with Gasteiger partial charge in [0.15, 0.2) is 6.17 Å². The first-order valence-electron chi connectivity index (χ1n) is 9.92. The summed E-state index contributed by atoms with van der Waals surface area (Å²) in [5.74, 6) is -0.330. The molecule has 0 aromatic heterocycles. The Hall–Kier alpha value is -3.46. The van der Waals surface area contributed by atoms with Crippen molar-refractivity contribution in [2.45, 2.75) is 19.0 Å². The predicted molar refractivity (Wildman–Crippen MR) is 115 cm³/mol. The minimum absolute atomic E-state index is 0.286. The zero-order chi connectivity index (χ0) is 21.8. The minimum atomic E-state index is -0.867. The van der Waals surface area contributed by atoms with Crippen molar-refractivity contribution in [2.24, 2.45) is 10.4 Å². The van der Waals surface area contributed by atoms with Gasteiger partial charge in [-0.3, -0.25) is 4.79 Å². The second kappa shape index (κ2) is 8.73. The largest absolute Gasteiger partial charge is 0.491 e. The molecule has 162 valence electrons. The number of nitrogens with one attached hydrogen (secondary N) is 3. The first-order valence-corrected chi connectivity index (χ1v) is 9.92. The van der Waals surface area contributed by atoms with E-state index in [4.69, 9.17) is 9.47 Å². The molecule has 1 fully saturated rings. The van der Waals surface area contributed by atoms with Crippen LogP contribution in [-0.2, 0) is 14.3 Å². The predicted octanol–water partition coefficient (Wildman–Crippen LogP) is 3.33. The molecule has 1 aliphatic heterocycles. The summed E-state index contributed by atoms with van der Waals surface area (Å²) in [5.41, 5.74) is 1.35. The molecule has 0 saturated heterocycles. The maximum Gasteiger partial charge on any atom is 0.237 e. The molecular weight excluding hydrogens is 403 g/mol. The number of carbonyl (C=O) groups is 2. The average molecular weight is 426 g/mol. The summed E-state index contributed by atoms with van der Waals surface area (Å²) in [5, 5.41) is 8.88. The van der Waals surface area contributed by atoms with Crippen molar-refractivity contribution in [3.8, 4) is 5.75 Å². The monoisotopic (exact) mass is 426 g/mol. The lowest BCUT2D eigenvalue weighted by atomic mass is 10.1. The maximum atomic E-state index is 14.8. The highest BCUT2D eigenvalue weighted by Gasteiger charge is 2.50. The van der Waals surface area contributed by atoms with Crippen LogP contribution in [0.1, 0.15) is 24.6 Å². The molecule has 2 aromatic carbocycles. The number of nitrogens with zero attached hydrogens (tertiary/aromatic N) is 1. The van der Waals surface area contributed by atoms with Crippen LogP contribution in [0.15, 0.2) is 41.4 Å². The summed E-state index contributed by atoms with van der Waals surface area (Å²) in [6.07, 6.45) is 2.75. The number of ether oxygens (including phenoxy) is 2. The summed E-state index contributed by atoms with van der Waals surface area (Å²) >= 11 is 0. The molecule has 31 heavy (non-hydrogen) atoms. The van der Waals surface area contributed by atoms with Gasteiger partial charge in [0.25, 0.3) is 0 Å². The summed E-state index contributed by atoms with van der Waals surface area (Å²) in [4.78, 5) is 27.5. The lowest BCUT2D eigenvalue weighted by molar-refractivity contribution is -0.126. The zero-order valence-corrected chi connectivity index (χ0v) is 17.0. The molecule has 4 rings (SSSR count). The van der Waals surface area contributed by atoms with Crippen LogP contribution in [-0.4, -0.2) is 38.9 Å². The average Bonchev–Trinajstić information content (AvgIpc) is 3.57. The van der Waals surface area contributed by atoms with Gasteiger partial charge in [-0.05, 0) is 37.1 Å². The third-order valence-electron chi connectivity index (χ3n) is 5.29. The van der Waals surface area contributed by atoms with Crippen LogP contribution in [0.2, 0.25) is 0 Å². The number of halogens is 1. The van der Waals surface area contributed by atoms with Gasteiger partial charge in [-0.1, -0.05) is 0 Å². The maximum absolute atomic E-state index is 14.8. The molecule has 1 atom stereocenters. The fraction of sp³-hybridized carbons (Fsp3) is 0.318. The molecule has 1 heterocycles. The Morgan fingerprint density at radius 1 is 1.26 bits per heavy atom. The van der Waals surface area contributed by atoms with Crippen molar-refractivity contribution in [1.29, 1.82) is 0 Å². The molecule has 1 unspecified atom stereocenters. The Bertz CT molecular complexity index is 1010. The molecule has 1 saturated carbocycles. The van der Waals surface area contributed by atoms with Crippen molar-refractivity contribution in [3.05, 3.63) is 47.8 Å². The number of aliphatic imine (C=N–C) groups is 1. The van der Waals surface area contributed by atoms with Crippen LogP contribution in [0.4, 0.5) is 21.5 Å².